The van der Waals surface area contributed by atoms with E-state index in [0.717, 1.165) is 34.0 Å². The van der Waals surface area contributed by atoms with Gasteiger partial charge in [-0.2, -0.15) is 0 Å². The number of carbonyl (C=O) groups is 2. The first-order chi connectivity index (χ1) is 20.0. The number of nitrogens with zero attached hydrogens (tertiary/aromatic N) is 2. The summed E-state index contributed by atoms with van der Waals surface area (Å²) in [6.07, 6.45) is 1.74. The number of urea groups is 1. The lowest BCUT2D eigenvalue weighted by Crippen LogP contribution is -2.39. The van der Waals surface area contributed by atoms with Crippen LogP contribution >= 0.6 is 0 Å². The van der Waals surface area contributed by atoms with E-state index >= 15 is 0 Å². The largest absolute Gasteiger partial charge is 0.495 e. The van der Waals surface area contributed by atoms with Crippen molar-refractivity contribution in [1.29, 1.82) is 0 Å². The minimum atomic E-state index is -0.577. The second-order valence-electron chi connectivity index (χ2n) is 11.7. The lowest BCUT2D eigenvalue weighted by Gasteiger charge is -2.26. The van der Waals surface area contributed by atoms with Crippen LogP contribution in [0.3, 0.4) is 0 Å². The Hall–Kier alpha value is -4.63. The van der Waals surface area contributed by atoms with Crippen LogP contribution in [0.4, 0.5) is 21.9 Å². The van der Waals surface area contributed by atoms with E-state index in [1.165, 1.54) is 0 Å². The third-order valence-electron chi connectivity index (χ3n) is 7.29. The number of nitrogens with one attached hydrogen (secondary N) is 3. The summed E-state index contributed by atoms with van der Waals surface area (Å²) in [4.78, 5) is 32.4. The van der Waals surface area contributed by atoms with Gasteiger partial charge in [-0.05, 0) is 60.3 Å². The zero-order valence-electron chi connectivity index (χ0n) is 24.9. The van der Waals surface area contributed by atoms with Gasteiger partial charge in [0.05, 0.1) is 18.5 Å². The average molecular weight is 568 g/mol. The maximum Gasteiger partial charge on any atom is 0.323 e. The number of anilines is 3. The van der Waals surface area contributed by atoms with Gasteiger partial charge in [0.25, 0.3) is 5.91 Å². The molecule has 1 aliphatic heterocycles. The Morgan fingerprint density at radius 3 is 2.48 bits per heavy atom. The Balaban J connectivity index is 1.40. The summed E-state index contributed by atoms with van der Waals surface area (Å²) in [5, 5.41) is 10.7. The standard InChI is InChI=1S/C33H37N5O4/c1-33(2,3)21-11-14-28(41-6)26(18-21)37-32(40)36-25-13-12-22(23-9-7-8-10-24(23)25)20-17-27-31(34-19-20)42-29(30(39)35-27)15-16-38(4)5/h7-14,17-19,29H,15-16H2,1-6H3,(H,35,39)(H2,36,37,40). The summed E-state index contributed by atoms with van der Waals surface area (Å²) in [5.74, 6) is 0.814. The molecule has 5 rings (SSSR count). The van der Waals surface area contributed by atoms with E-state index in [-0.39, 0.29) is 17.4 Å². The van der Waals surface area contributed by atoms with Gasteiger partial charge >= 0.3 is 6.03 Å². The van der Waals surface area contributed by atoms with Crippen molar-refractivity contribution in [2.75, 3.05) is 43.7 Å². The highest BCUT2D eigenvalue weighted by atomic mass is 16.5. The van der Waals surface area contributed by atoms with Crippen LogP contribution in [0.25, 0.3) is 21.9 Å². The Morgan fingerprint density at radius 2 is 1.76 bits per heavy atom. The van der Waals surface area contributed by atoms with E-state index in [2.05, 4.69) is 41.7 Å². The molecule has 218 valence electrons. The smallest absolute Gasteiger partial charge is 0.323 e. The second-order valence-corrected chi connectivity index (χ2v) is 11.7. The molecule has 1 unspecified atom stereocenters. The molecule has 0 saturated carbocycles. The highest BCUT2D eigenvalue weighted by molar-refractivity contribution is 6.10. The number of hydrogen-bond donors (Lipinski definition) is 3. The number of carbonyl (C=O) groups excluding carboxylic acids is 2. The summed E-state index contributed by atoms with van der Waals surface area (Å²) in [6, 6.07) is 18.9. The number of methoxy groups -OCH3 is 1. The van der Waals surface area contributed by atoms with Crippen LogP contribution in [0.15, 0.2) is 66.9 Å². The van der Waals surface area contributed by atoms with Gasteiger partial charge in [0, 0.05) is 30.1 Å². The molecule has 42 heavy (non-hydrogen) atoms. The lowest BCUT2D eigenvalue weighted by molar-refractivity contribution is -0.124. The number of aromatic nitrogens is 1. The maximum absolute atomic E-state index is 13.2. The molecule has 0 bridgehead atoms. The van der Waals surface area contributed by atoms with Crippen molar-refractivity contribution in [2.45, 2.75) is 38.7 Å². The number of pyridine rings is 1. The molecular weight excluding hydrogens is 530 g/mol. The van der Waals surface area contributed by atoms with E-state index in [0.29, 0.717) is 35.1 Å². The van der Waals surface area contributed by atoms with E-state index in [1.807, 2.05) is 79.7 Å². The van der Waals surface area contributed by atoms with Crippen molar-refractivity contribution in [3.05, 3.63) is 72.4 Å². The third-order valence-corrected chi connectivity index (χ3v) is 7.29. The molecule has 1 aliphatic rings. The molecule has 3 amide bonds. The SMILES string of the molecule is COc1ccc(C(C)(C)C)cc1NC(=O)Nc1ccc(-c2cnc3c(c2)NC(=O)C(CCN(C)C)O3)c2ccccc12. The predicted octanol–water partition coefficient (Wildman–Crippen LogP) is 6.50. The van der Waals surface area contributed by atoms with Crippen molar-refractivity contribution in [2.24, 2.45) is 0 Å². The van der Waals surface area contributed by atoms with Gasteiger partial charge < -0.3 is 30.3 Å². The number of rotatable bonds is 7. The highest BCUT2D eigenvalue weighted by Crippen LogP contribution is 2.37. The first-order valence-electron chi connectivity index (χ1n) is 13.9. The van der Waals surface area contributed by atoms with Gasteiger partial charge in [-0.3, -0.25) is 4.79 Å². The van der Waals surface area contributed by atoms with Crippen molar-refractivity contribution in [3.63, 3.8) is 0 Å². The normalized spacial score (nSPS) is 14.6. The van der Waals surface area contributed by atoms with Crippen molar-refractivity contribution in [1.82, 2.24) is 9.88 Å². The van der Waals surface area contributed by atoms with Crippen LogP contribution in [-0.4, -0.2) is 55.7 Å². The maximum atomic E-state index is 13.2. The monoisotopic (exact) mass is 567 g/mol. The van der Waals surface area contributed by atoms with Crippen LogP contribution in [0.5, 0.6) is 11.6 Å². The summed E-state index contributed by atoms with van der Waals surface area (Å²) in [5.41, 5.74) is 4.52. The fourth-order valence-corrected chi connectivity index (χ4v) is 4.96. The van der Waals surface area contributed by atoms with Crippen molar-refractivity contribution in [3.8, 4) is 22.8 Å². The van der Waals surface area contributed by atoms with E-state index < -0.39 is 6.10 Å². The van der Waals surface area contributed by atoms with Gasteiger partial charge in [-0.1, -0.05) is 57.2 Å². The highest BCUT2D eigenvalue weighted by Gasteiger charge is 2.29. The zero-order valence-corrected chi connectivity index (χ0v) is 24.9. The van der Waals surface area contributed by atoms with Crippen LogP contribution in [-0.2, 0) is 10.2 Å². The van der Waals surface area contributed by atoms with E-state index in [1.54, 1.807) is 13.3 Å². The second kappa shape index (κ2) is 11.7. The summed E-state index contributed by atoms with van der Waals surface area (Å²) < 4.78 is 11.4. The summed E-state index contributed by atoms with van der Waals surface area (Å²) in [6.45, 7) is 7.09. The number of ether oxygens (including phenoxy) is 2. The van der Waals surface area contributed by atoms with Gasteiger partial charge in [-0.25, -0.2) is 9.78 Å². The number of fused-ring (bicyclic) bond motifs is 2. The number of hydrogen-bond acceptors (Lipinski definition) is 6. The first kappa shape index (κ1) is 28.9. The van der Waals surface area contributed by atoms with Gasteiger partial charge in [0.1, 0.15) is 11.4 Å². The molecule has 0 fully saturated rings. The molecule has 1 atom stereocenters. The van der Waals surface area contributed by atoms with Crippen molar-refractivity contribution < 1.29 is 19.1 Å². The fraction of sp³-hybridized carbons (Fsp3) is 0.303. The fourth-order valence-electron chi connectivity index (χ4n) is 4.96. The minimum Gasteiger partial charge on any atom is -0.495 e. The quantitative estimate of drug-likeness (QED) is 0.235. The zero-order chi connectivity index (χ0) is 30.0. The molecule has 3 aromatic carbocycles. The Labute approximate surface area is 246 Å². The molecule has 0 radical (unpaired) electrons. The molecule has 9 nitrogen and oxygen atoms in total. The molecule has 9 heteroatoms. The summed E-state index contributed by atoms with van der Waals surface area (Å²) >= 11 is 0. The van der Waals surface area contributed by atoms with E-state index in [9.17, 15) is 9.59 Å². The summed E-state index contributed by atoms with van der Waals surface area (Å²) in [7, 11) is 5.50. The third kappa shape index (κ3) is 6.16. The number of benzene rings is 3. The van der Waals surface area contributed by atoms with E-state index in [4.69, 9.17) is 9.47 Å². The molecule has 0 aliphatic carbocycles. The van der Waals surface area contributed by atoms with Gasteiger partial charge in [-0.15, -0.1) is 0 Å². The Morgan fingerprint density at radius 1 is 1.02 bits per heavy atom. The first-order valence-corrected chi connectivity index (χ1v) is 13.9. The molecule has 1 aromatic heterocycles. The Kier molecular flexibility index (Phi) is 8.04. The van der Waals surface area contributed by atoms with Crippen molar-refractivity contribution >= 4 is 39.8 Å². The topological polar surface area (TPSA) is 105 Å². The molecule has 4 aromatic rings. The van der Waals surface area contributed by atoms with Crippen LogP contribution in [0, 0.1) is 0 Å². The van der Waals surface area contributed by atoms with Crippen LogP contribution in [0.2, 0.25) is 0 Å². The molecule has 2 heterocycles. The lowest BCUT2D eigenvalue weighted by atomic mass is 9.87. The average Bonchev–Trinajstić information content (AvgIpc) is 2.95. The van der Waals surface area contributed by atoms with Crippen LogP contribution in [0.1, 0.15) is 32.8 Å². The molecule has 0 spiro atoms. The van der Waals surface area contributed by atoms with Gasteiger partial charge in [0.2, 0.25) is 5.88 Å². The molecule has 3 N–H and O–H groups in total. The Bertz CT molecular complexity index is 1640. The minimum absolute atomic E-state index is 0.0839. The van der Waals surface area contributed by atoms with Crippen LogP contribution < -0.4 is 25.4 Å². The predicted molar refractivity (Wildman–Crippen MR) is 168 cm³/mol. The molecule has 0 saturated heterocycles. The number of amides is 3. The molecular formula is C33H37N5O4. The van der Waals surface area contributed by atoms with Gasteiger partial charge in [0.15, 0.2) is 6.10 Å².